The molecule has 0 saturated carbocycles. The molecule has 18 heavy (non-hydrogen) atoms. The van der Waals surface area contributed by atoms with E-state index in [1.807, 2.05) is 18.2 Å². The third kappa shape index (κ3) is 4.88. The van der Waals surface area contributed by atoms with Gasteiger partial charge in [0.1, 0.15) is 0 Å². The van der Waals surface area contributed by atoms with E-state index in [0.29, 0.717) is 0 Å². The molecule has 5 heteroatoms. The molecule has 1 heterocycles. The van der Waals surface area contributed by atoms with Crippen LogP contribution in [0.4, 0.5) is 0 Å². The zero-order chi connectivity index (χ0) is 11.9. The van der Waals surface area contributed by atoms with Gasteiger partial charge in [-0.3, -0.25) is 4.79 Å². The van der Waals surface area contributed by atoms with Gasteiger partial charge < -0.3 is 10.6 Å². The molecule has 3 nitrogen and oxygen atoms in total. The summed E-state index contributed by atoms with van der Waals surface area (Å²) in [6.07, 6.45) is 2.08. The minimum Gasteiger partial charge on any atom is -0.354 e. The Labute approximate surface area is 119 Å². The van der Waals surface area contributed by atoms with Crippen LogP contribution in [0, 0.1) is 0 Å². The van der Waals surface area contributed by atoms with Crippen molar-refractivity contribution >= 4 is 30.1 Å². The summed E-state index contributed by atoms with van der Waals surface area (Å²) in [5.74, 6) is 1.07. The Kier molecular flexibility index (Phi) is 7.16. The van der Waals surface area contributed by atoms with E-state index in [0.717, 1.165) is 31.7 Å². The molecule has 1 amide bonds. The van der Waals surface area contributed by atoms with Gasteiger partial charge in [0.2, 0.25) is 5.91 Å². The molecule has 0 spiro atoms. The first-order chi connectivity index (χ1) is 8.36. The first-order valence-corrected chi connectivity index (χ1v) is 7.04. The summed E-state index contributed by atoms with van der Waals surface area (Å²) < 4.78 is 0. The van der Waals surface area contributed by atoms with Crippen LogP contribution in [-0.2, 0) is 4.79 Å². The molecule has 2 rings (SSSR count). The van der Waals surface area contributed by atoms with Crippen molar-refractivity contribution in [3.63, 3.8) is 0 Å². The molecule has 1 aromatic carbocycles. The largest absolute Gasteiger partial charge is 0.354 e. The number of halogens is 1. The summed E-state index contributed by atoms with van der Waals surface area (Å²) in [6, 6.07) is 10.3. The highest BCUT2D eigenvalue weighted by Gasteiger charge is 2.20. The first-order valence-electron chi connectivity index (χ1n) is 6.05. The lowest BCUT2D eigenvalue weighted by Crippen LogP contribution is -2.41. The lowest BCUT2D eigenvalue weighted by Gasteiger charge is -2.10. The summed E-state index contributed by atoms with van der Waals surface area (Å²) >= 11 is 1.77. The van der Waals surface area contributed by atoms with Crippen molar-refractivity contribution < 1.29 is 4.79 Å². The second kappa shape index (κ2) is 8.40. The average molecular weight is 287 g/mol. The van der Waals surface area contributed by atoms with Crippen LogP contribution in [0.15, 0.2) is 35.2 Å². The van der Waals surface area contributed by atoms with E-state index < -0.39 is 0 Å². The fourth-order valence-corrected chi connectivity index (χ4v) is 2.68. The second-order valence-electron chi connectivity index (χ2n) is 4.10. The lowest BCUT2D eigenvalue weighted by atomic mass is 10.2. The Morgan fingerprint density at radius 2 is 2.17 bits per heavy atom. The van der Waals surface area contributed by atoms with Crippen molar-refractivity contribution in [2.75, 3.05) is 18.8 Å². The Hall–Kier alpha value is -0.710. The van der Waals surface area contributed by atoms with Crippen molar-refractivity contribution in [1.82, 2.24) is 10.6 Å². The normalized spacial score (nSPS) is 18.1. The van der Waals surface area contributed by atoms with E-state index in [1.165, 1.54) is 4.90 Å². The number of hydrogen-bond donors (Lipinski definition) is 2. The number of carbonyl (C=O) groups is 1. The Bertz CT molecular complexity index is 355. The standard InChI is InChI=1S/C13H18N2OS.ClH/c16-13(12-7-4-8-14-12)15-9-10-17-11-5-2-1-3-6-11;/h1-3,5-6,12,14H,4,7-10H2,(H,15,16);1H/t12-;/m0./s1. The van der Waals surface area contributed by atoms with Gasteiger partial charge in [0.25, 0.3) is 0 Å². The Balaban J connectivity index is 0.00000162. The average Bonchev–Trinajstić information content (AvgIpc) is 2.89. The first kappa shape index (κ1) is 15.3. The van der Waals surface area contributed by atoms with E-state index in [-0.39, 0.29) is 24.4 Å². The van der Waals surface area contributed by atoms with Crippen molar-refractivity contribution in [3.05, 3.63) is 30.3 Å². The van der Waals surface area contributed by atoms with E-state index in [9.17, 15) is 4.79 Å². The number of rotatable bonds is 5. The number of thioether (sulfide) groups is 1. The number of nitrogens with one attached hydrogen (secondary N) is 2. The summed E-state index contributed by atoms with van der Waals surface area (Å²) in [6.45, 7) is 1.70. The number of carbonyl (C=O) groups excluding carboxylic acids is 1. The molecule has 2 N–H and O–H groups in total. The third-order valence-corrected chi connectivity index (χ3v) is 3.80. The number of hydrogen-bond acceptors (Lipinski definition) is 3. The highest BCUT2D eigenvalue weighted by Crippen LogP contribution is 2.15. The third-order valence-electron chi connectivity index (χ3n) is 2.79. The molecular formula is C13H19ClN2OS. The molecule has 1 aromatic rings. The van der Waals surface area contributed by atoms with Gasteiger partial charge in [-0.25, -0.2) is 0 Å². The molecule has 100 valence electrons. The molecule has 1 atom stereocenters. The highest BCUT2D eigenvalue weighted by atomic mass is 35.5. The van der Waals surface area contributed by atoms with Crippen LogP contribution in [0.5, 0.6) is 0 Å². The zero-order valence-electron chi connectivity index (χ0n) is 10.2. The van der Waals surface area contributed by atoms with Crippen LogP contribution in [-0.4, -0.2) is 30.8 Å². The topological polar surface area (TPSA) is 41.1 Å². The second-order valence-corrected chi connectivity index (χ2v) is 5.27. The molecule has 0 aliphatic carbocycles. The van der Waals surface area contributed by atoms with E-state index >= 15 is 0 Å². The molecule has 0 bridgehead atoms. The van der Waals surface area contributed by atoms with Gasteiger partial charge in [0, 0.05) is 17.2 Å². The summed E-state index contributed by atoms with van der Waals surface area (Å²) in [5.41, 5.74) is 0. The van der Waals surface area contributed by atoms with Crippen LogP contribution in [0.2, 0.25) is 0 Å². The van der Waals surface area contributed by atoms with Gasteiger partial charge in [0.15, 0.2) is 0 Å². The summed E-state index contributed by atoms with van der Waals surface area (Å²) in [7, 11) is 0. The van der Waals surface area contributed by atoms with Crippen molar-refractivity contribution in [2.24, 2.45) is 0 Å². The minimum atomic E-state index is 0. The fourth-order valence-electron chi connectivity index (χ4n) is 1.89. The Morgan fingerprint density at radius 3 is 2.83 bits per heavy atom. The van der Waals surface area contributed by atoms with Gasteiger partial charge in [-0.2, -0.15) is 0 Å². The van der Waals surface area contributed by atoms with Gasteiger partial charge in [-0.05, 0) is 31.5 Å². The maximum absolute atomic E-state index is 11.7. The Morgan fingerprint density at radius 1 is 1.39 bits per heavy atom. The summed E-state index contributed by atoms with van der Waals surface area (Å²) in [4.78, 5) is 12.9. The van der Waals surface area contributed by atoms with Gasteiger partial charge in [-0.1, -0.05) is 18.2 Å². The lowest BCUT2D eigenvalue weighted by molar-refractivity contribution is -0.122. The molecule has 0 aromatic heterocycles. The monoisotopic (exact) mass is 286 g/mol. The molecule has 1 saturated heterocycles. The van der Waals surface area contributed by atoms with Crippen LogP contribution in [0.3, 0.4) is 0 Å². The van der Waals surface area contributed by atoms with E-state index in [2.05, 4.69) is 22.8 Å². The highest BCUT2D eigenvalue weighted by molar-refractivity contribution is 7.99. The van der Waals surface area contributed by atoms with Crippen LogP contribution >= 0.6 is 24.2 Å². The predicted octanol–water partition coefficient (Wildman–Crippen LogP) is 2.07. The number of amides is 1. The SMILES string of the molecule is Cl.O=C(NCCSc1ccccc1)[C@@H]1CCCN1. The van der Waals surface area contributed by atoms with Gasteiger partial charge in [0.05, 0.1) is 6.04 Å². The minimum absolute atomic E-state index is 0. The van der Waals surface area contributed by atoms with Gasteiger partial charge in [-0.15, -0.1) is 24.2 Å². The molecule has 0 unspecified atom stereocenters. The summed E-state index contributed by atoms with van der Waals surface area (Å²) in [5, 5.41) is 6.17. The molecule has 0 radical (unpaired) electrons. The van der Waals surface area contributed by atoms with Crippen LogP contribution in [0.1, 0.15) is 12.8 Å². The molecule has 1 aliphatic heterocycles. The predicted molar refractivity (Wildman–Crippen MR) is 78.4 cm³/mol. The van der Waals surface area contributed by atoms with Crippen LogP contribution in [0.25, 0.3) is 0 Å². The molecule has 1 fully saturated rings. The van der Waals surface area contributed by atoms with Crippen LogP contribution < -0.4 is 10.6 Å². The van der Waals surface area contributed by atoms with E-state index in [1.54, 1.807) is 11.8 Å². The maximum atomic E-state index is 11.7. The van der Waals surface area contributed by atoms with Crippen molar-refractivity contribution in [1.29, 1.82) is 0 Å². The fraction of sp³-hybridized carbons (Fsp3) is 0.462. The van der Waals surface area contributed by atoms with Crippen molar-refractivity contribution in [3.8, 4) is 0 Å². The zero-order valence-corrected chi connectivity index (χ0v) is 11.9. The molecule has 1 aliphatic rings. The maximum Gasteiger partial charge on any atom is 0.237 e. The van der Waals surface area contributed by atoms with E-state index in [4.69, 9.17) is 0 Å². The molecular weight excluding hydrogens is 268 g/mol. The van der Waals surface area contributed by atoms with Gasteiger partial charge >= 0.3 is 0 Å². The smallest absolute Gasteiger partial charge is 0.237 e. The quantitative estimate of drug-likeness (QED) is 0.643. The number of benzene rings is 1. The van der Waals surface area contributed by atoms with Crippen molar-refractivity contribution in [2.45, 2.75) is 23.8 Å².